The minimum absolute atomic E-state index is 0.240. The number of pyridine rings is 1. The largest absolute Gasteiger partial charge is 0.349 e. The van der Waals surface area contributed by atoms with Crippen LogP contribution in [0.3, 0.4) is 0 Å². The molecule has 2 aromatic rings. The summed E-state index contributed by atoms with van der Waals surface area (Å²) in [7, 11) is 0. The number of anilines is 1. The monoisotopic (exact) mass is 273 g/mol. The van der Waals surface area contributed by atoms with Gasteiger partial charge in [0.2, 0.25) is 5.56 Å². The predicted octanol–water partition coefficient (Wildman–Crippen LogP) is 2.77. The van der Waals surface area contributed by atoms with Crippen LogP contribution in [0.5, 0.6) is 0 Å². The number of hydrogen-bond acceptors (Lipinski definition) is 4. The van der Waals surface area contributed by atoms with E-state index in [0.29, 0.717) is 9.83 Å². The summed E-state index contributed by atoms with van der Waals surface area (Å²) in [5.74, 6) is 0. The van der Waals surface area contributed by atoms with Gasteiger partial charge < -0.3 is 9.88 Å². The average Bonchev–Trinajstić information content (AvgIpc) is 2.72. The number of thiazole rings is 1. The summed E-state index contributed by atoms with van der Waals surface area (Å²) in [6, 6.07) is 0.942. The molecule has 0 radical (unpaired) electrons. The summed E-state index contributed by atoms with van der Waals surface area (Å²) in [5, 5.41) is 0.652. The predicted molar refractivity (Wildman–Crippen MR) is 68.8 cm³/mol. The average molecular weight is 273 g/mol. The first-order valence-corrected chi connectivity index (χ1v) is 6.45. The quantitative estimate of drug-likeness (QED) is 0.931. The van der Waals surface area contributed by atoms with E-state index < -0.39 is 12.0 Å². The second-order valence-corrected chi connectivity index (χ2v) is 4.71. The van der Waals surface area contributed by atoms with Crippen molar-refractivity contribution in [2.75, 3.05) is 18.0 Å². The summed E-state index contributed by atoms with van der Waals surface area (Å²) >= 11 is 1.18. The first-order chi connectivity index (χ1) is 8.56. The molecule has 0 aromatic carbocycles. The van der Waals surface area contributed by atoms with Gasteiger partial charge >= 0.3 is 0 Å². The molecular formula is C11H13F2N3OS. The van der Waals surface area contributed by atoms with Gasteiger partial charge in [-0.25, -0.2) is 13.8 Å². The van der Waals surface area contributed by atoms with Crippen molar-refractivity contribution in [3.05, 3.63) is 22.0 Å². The van der Waals surface area contributed by atoms with Gasteiger partial charge in [-0.3, -0.25) is 4.79 Å². The maximum atomic E-state index is 12.9. The molecule has 0 saturated heterocycles. The van der Waals surface area contributed by atoms with Crippen LogP contribution in [0.1, 0.15) is 25.8 Å². The smallest absolute Gasteiger partial charge is 0.265 e. The molecule has 0 aliphatic carbocycles. The molecule has 0 unspecified atom stereocenters. The lowest BCUT2D eigenvalue weighted by Crippen LogP contribution is -2.21. The zero-order valence-corrected chi connectivity index (χ0v) is 10.9. The van der Waals surface area contributed by atoms with Crippen LogP contribution in [0.25, 0.3) is 10.3 Å². The molecule has 0 amide bonds. The van der Waals surface area contributed by atoms with Gasteiger partial charge in [0, 0.05) is 24.7 Å². The molecule has 0 saturated carbocycles. The molecule has 0 spiro atoms. The first-order valence-electron chi connectivity index (χ1n) is 5.63. The molecule has 0 atom stereocenters. The Morgan fingerprint density at radius 1 is 1.44 bits per heavy atom. The van der Waals surface area contributed by atoms with E-state index in [1.165, 1.54) is 11.3 Å². The summed E-state index contributed by atoms with van der Waals surface area (Å²) < 4.78 is 26.1. The van der Waals surface area contributed by atoms with E-state index in [1.807, 2.05) is 18.7 Å². The molecule has 98 valence electrons. The van der Waals surface area contributed by atoms with E-state index in [4.69, 9.17) is 0 Å². The third kappa shape index (κ3) is 2.22. The van der Waals surface area contributed by atoms with Crippen LogP contribution in [0, 0.1) is 0 Å². The summed E-state index contributed by atoms with van der Waals surface area (Å²) in [5.41, 5.74) is -0.552. The van der Waals surface area contributed by atoms with Gasteiger partial charge in [0.25, 0.3) is 6.43 Å². The van der Waals surface area contributed by atoms with E-state index >= 15 is 0 Å². The van der Waals surface area contributed by atoms with Crippen LogP contribution >= 0.6 is 11.3 Å². The Bertz CT molecular complexity index is 604. The highest BCUT2D eigenvalue weighted by molar-refractivity contribution is 7.22. The van der Waals surface area contributed by atoms with Gasteiger partial charge in [-0.05, 0) is 13.8 Å². The molecule has 0 aliphatic heterocycles. The van der Waals surface area contributed by atoms with Crippen LogP contribution in [-0.2, 0) is 0 Å². The minimum Gasteiger partial charge on any atom is -0.349 e. The van der Waals surface area contributed by atoms with Crippen LogP contribution in [0.15, 0.2) is 10.9 Å². The molecule has 0 fully saturated rings. The van der Waals surface area contributed by atoms with Crippen LogP contribution in [0.2, 0.25) is 0 Å². The Morgan fingerprint density at radius 3 is 2.67 bits per heavy atom. The van der Waals surface area contributed by atoms with E-state index in [0.717, 1.165) is 19.2 Å². The Labute approximate surface area is 106 Å². The van der Waals surface area contributed by atoms with Crippen molar-refractivity contribution in [1.82, 2.24) is 9.97 Å². The number of aromatic amines is 1. The Morgan fingerprint density at radius 2 is 2.11 bits per heavy atom. The fourth-order valence-corrected chi connectivity index (χ4v) is 2.91. The van der Waals surface area contributed by atoms with Crippen molar-refractivity contribution in [2.24, 2.45) is 0 Å². The van der Waals surface area contributed by atoms with Crippen molar-refractivity contribution >= 4 is 26.8 Å². The zero-order valence-electron chi connectivity index (χ0n) is 10.0. The fourth-order valence-electron chi connectivity index (χ4n) is 1.74. The lowest BCUT2D eigenvalue weighted by molar-refractivity contribution is 0.153. The minimum atomic E-state index is -2.67. The molecule has 2 aromatic heterocycles. The topological polar surface area (TPSA) is 49.0 Å². The molecule has 2 rings (SSSR count). The second kappa shape index (κ2) is 5.01. The molecule has 1 N–H and O–H groups in total. The summed E-state index contributed by atoms with van der Waals surface area (Å²) in [6.07, 6.45) is -2.67. The molecule has 7 heteroatoms. The Balaban J connectivity index is 2.63. The maximum absolute atomic E-state index is 12.9. The van der Waals surface area contributed by atoms with Gasteiger partial charge in [-0.1, -0.05) is 11.3 Å². The standard InChI is InChI=1S/C11H13F2N3OS/c1-3-16(4-2)11-15-10-8(18-11)6(9(12)13)5-7(17)14-10/h5,9H,3-4H2,1-2H3,(H,14,17). The molecule has 2 heterocycles. The number of H-pyrrole nitrogens is 1. The normalized spacial score (nSPS) is 11.4. The molecule has 4 nitrogen and oxygen atoms in total. The number of aromatic nitrogens is 2. The van der Waals surface area contributed by atoms with Crippen molar-refractivity contribution < 1.29 is 8.78 Å². The van der Waals surface area contributed by atoms with Gasteiger partial charge in [0.05, 0.1) is 4.70 Å². The van der Waals surface area contributed by atoms with E-state index in [2.05, 4.69) is 9.97 Å². The van der Waals surface area contributed by atoms with Gasteiger partial charge in [-0.2, -0.15) is 0 Å². The highest BCUT2D eigenvalue weighted by Gasteiger charge is 2.18. The molecule has 0 bridgehead atoms. The van der Waals surface area contributed by atoms with Crippen molar-refractivity contribution in [2.45, 2.75) is 20.3 Å². The lowest BCUT2D eigenvalue weighted by atomic mass is 10.3. The van der Waals surface area contributed by atoms with E-state index in [9.17, 15) is 13.6 Å². The number of rotatable bonds is 4. The summed E-state index contributed by atoms with van der Waals surface area (Å²) in [6.45, 7) is 5.41. The highest BCUT2D eigenvalue weighted by Crippen LogP contribution is 2.33. The first kappa shape index (κ1) is 12.9. The number of halogens is 2. The zero-order chi connectivity index (χ0) is 13.3. The summed E-state index contributed by atoms with van der Waals surface area (Å²) in [4.78, 5) is 20.0. The van der Waals surface area contributed by atoms with E-state index in [1.54, 1.807) is 0 Å². The number of nitrogens with zero attached hydrogens (tertiary/aromatic N) is 2. The van der Waals surface area contributed by atoms with Crippen molar-refractivity contribution in [1.29, 1.82) is 0 Å². The lowest BCUT2D eigenvalue weighted by Gasteiger charge is -2.16. The van der Waals surface area contributed by atoms with Crippen molar-refractivity contribution in [3.63, 3.8) is 0 Å². The van der Waals surface area contributed by atoms with Crippen molar-refractivity contribution in [3.8, 4) is 0 Å². The van der Waals surface area contributed by atoms with Gasteiger partial charge in [0.1, 0.15) is 0 Å². The number of fused-ring (bicyclic) bond motifs is 1. The molecule has 18 heavy (non-hydrogen) atoms. The van der Waals surface area contributed by atoms with E-state index in [-0.39, 0.29) is 11.2 Å². The van der Waals surface area contributed by atoms with Gasteiger partial charge in [0.15, 0.2) is 10.8 Å². The second-order valence-electron chi connectivity index (χ2n) is 3.74. The maximum Gasteiger partial charge on any atom is 0.265 e. The fraction of sp³-hybridized carbons (Fsp3) is 0.455. The molecular weight excluding hydrogens is 260 g/mol. The third-order valence-electron chi connectivity index (χ3n) is 2.68. The SMILES string of the molecule is CCN(CC)c1nc2[nH]c(=O)cc(C(F)F)c2s1. The van der Waals surface area contributed by atoms with Crippen LogP contribution in [0.4, 0.5) is 13.9 Å². The third-order valence-corrected chi connectivity index (χ3v) is 3.84. The number of alkyl halides is 2. The van der Waals surface area contributed by atoms with Gasteiger partial charge in [-0.15, -0.1) is 0 Å². The number of nitrogens with one attached hydrogen (secondary N) is 1. The number of hydrogen-bond donors (Lipinski definition) is 1. The van der Waals surface area contributed by atoms with Crippen LogP contribution < -0.4 is 10.5 Å². The highest BCUT2D eigenvalue weighted by atomic mass is 32.1. The van der Waals surface area contributed by atoms with Crippen LogP contribution in [-0.4, -0.2) is 23.1 Å². The molecule has 0 aliphatic rings. The Kier molecular flexibility index (Phi) is 3.60. The Hall–Kier alpha value is -1.50.